The first kappa shape index (κ1) is 13.1. The van der Waals surface area contributed by atoms with E-state index in [2.05, 4.69) is 22.2 Å². The maximum absolute atomic E-state index is 5.69. The Morgan fingerprint density at radius 3 is 2.89 bits per heavy atom. The van der Waals surface area contributed by atoms with Crippen LogP contribution in [0.3, 0.4) is 0 Å². The highest BCUT2D eigenvalue weighted by Crippen LogP contribution is 2.16. The summed E-state index contributed by atoms with van der Waals surface area (Å²) in [4.78, 5) is 8.14. The van der Waals surface area contributed by atoms with E-state index in [9.17, 15) is 0 Å². The number of piperidine rings is 1. The molecule has 1 aromatic rings. The van der Waals surface area contributed by atoms with Crippen molar-refractivity contribution in [2.24, 2.45) is 5.92 Å². The molecule has 100 valence electrons. The summed E-state index contributed by atoms with van der Waals surface area (Å²) in [5.74, 6) is 1.76. The molecule has 0 saturated carbocycles. The van der Waals surface area contributed by atoms with Crippen molar-refractivity contribution in [1.82, 2.24) is 15.3 Å². The number of ether oxygens (including phenoxy) is 2. The lowest BCUT2D eigenvalue weighted by molar-refractivity contribution is 0.210. The van der Waals surface area contributed by atoms with Gasteiger partial charge in [-0.15, -0.1) is 0 Å². The Kier molecular flexibility index (Phi) is 5.20. The fourth-order valence-corrected chi connectivity index (χ4v) is 1.96. The van der Waals surface area contributed by atoms with Gasteiger partial charge in [-0.25, -0.2) is 9.97 Å². The maximum Gasteiger partial charge on any atom is 0.220 e. The fraction of sp³-hybridized carbons (Fsp3) is 0.692. The largest absolute Gasteiger partial charge is 0.478 e. The van der Waals surface area contributed by atoms with Crippen LogP contribution in [-0.2, 0) is 0 Å². The normalized spacial score (nSPS) is 19.5. The van der Waals surface area contributed by atoms with Crippen molar-refractivity contribution in [2.45, 2.75) is 26.2 Å². The van der Waals surface area contributed by atoms with Crippen molar-refractivity contribution < 1.29 is 9.47 Å². The molecule has 1 aliphatic rings. The van der Waals surface area contributed by atoms with Crippen molar-refractivity contribution in [2.75, 3.05) is 26.3 Å². The minimum Gasteiger partial charge on any atom is -0.478 e. The van der Waals surface area contributed by atoms with Crippen LogP contribution in [0.15, 0.2) is 12.4 Å². The Hall–Kier alpha value is -1.36. The van der Waals surface area contributed by atoms with Crippen molar-refractivity contribution in [3.05, 3.63) is 12.4 Å². The molecule has 0 bridgehead atoms. The minimum absolute atomic E-state index is 0.578. The van der Waals surface area contributed by atoms with Crippen molar-refractivity contribution in [3.63, 3.8) is 0 Å². The zero-order chi connectivity index (χ0) is 12.6. The van der Waals surface area contributed by atoms with Crippen LogP contribution in [0.4, 0.5) is 0 Å². The van der Waals surface area contributed by atoms with Crippen LogP contribution in [0.5, 0.6) is 11.8 Å². The molecule has 5 heteroatoms. The third kappa shape index (κ3) is 4.14. The second-order valence-corrected chi connectivity index (χ2v) is 4.57. The predicted molar refractivity (Wildman–Crippen MR) is 68.9 cm³/mol. The number of hydrogen-bond acceptors (Lipinski definition) is 5. The minimum atomic E-state index is 0.578. The third-order valence-electron chi connectivity index (χ3n) is 2.94. The molecule has 1 aromatic heterocycles. The highest BCUT2D eigenvalue weighted by Gasteiger charge is 2.13. The van der Waals surface area contributed by atoms with Gasteiger partial charge >= 0.3 is 0 Å². The van der Waals surface area contributed by atoms with Gasteiger partial charge in [0.05, 0.1) is 19.3 Å². The van der Waals surface area contributed by atoms with Gasteiger partial charge in [0.25, 0.3) is 0 Å². The first-order valence-electron chi connectivity index (χ1n) is 6.67. The Balaban J connectivity index is 1.80. The van der Waals surface area contributed by atoms with Gasteiger partial charge in [-0.3, -0.25) is 0 Å². The molecule has 0 spiro atoms. The van der Waals surface area contributed by atoms with E-state index in [-0.39, 0.29) is 0 Å². The van der Waals surface area contributed by atoms with Gasteiger partial charge in [-0.2, -0.15) is 0 Å². The number of nitrogens with zero attached hydrogens (tertiary/aromatic N) is 2. The second kappa shape index (κ2) is 7.16. The monoisotopic (exact) mass is 251 g/mol. The van der Waals surface area contributed by atoms with E-state index in [1.807, 2.05) is 0 Å². The maximum atomic E-state index is 5.69. The molecular weight excluding hydrogens is 230 g/mol. The van der Waals surface area contributed by atoms with Crippen molar-refractivity contribution in [3.8, 4) is 11.8 Å². The Morgan fingerprint density at radius 1 is 1.33 bits per heavy atom. The molecule has 2 rings (SSSR count). The smallest absolute Gasteiger partial charge is 0.220 e. The summed E-state index contributed by atoms with van der Waals surface area (Å²) >= 11 is 0. The molecule has 0 aliphatic carbocycles. The molecule has 1 aliphatic heterocycles. The van der Waals surface area contributed by atoms with Gasteiger partial charge in [-0.05, 0) is 25.8 Å². The first-order valence-corrected chi connectivity index (χ1v) is 6.67. The standard InChI is InChI=1S/C13H21N3O2/c1-2-6-17-12-7-13(16-10-15-12)18-9-11-4-3-5-14-8-11/h7,10-11,14H,2-6,8-9H2,1H3. The summed E-state index contributed by atoms with van der Waals surface area (Å²) in [5, 5.41) is 3.37. The van der Waals surface area contributed by atoms with Crippen LogP contribution < -0.4 is 14.8 Å². The van der Waals surface area contributed by atoms with Crippen LogP contribution in [0, 0.1) is 5.92 Å². The molecule has 0 amide bonds. The number of nitrogens with one attached hydrogen (secondary N) is 1. The predicted octanol–water partition coefficient (Wildman–Crippen LogP) is 1.64. The van der Waals surface area contributed by atoms with Gasteiger partial charge < -0.3 is 14.8 Å². The summed E-state index contributed by atoms with van der Waals surface area (Å²) < 4.78 is 11.1. The molecule has 1 atom stereocenters. The van der Waals surface area contributed by atoms with E-state index in [1.54, 1.807) is 6.07 Å². The van der Waals surface area contributed by atoms with Crippen molar-refractivity contribution >= 4 is 0 Å². The molecular formula is C13H21N3O2. The van der Waals surface area contributed by atoms with Gasteiger partial charge in [0.1, 0.15) is 6.33 Å². The van der Waals surface area contributed by atoms with E-state index in [0.717, 1.165) is 19.5 Å². The van der Waals surface area contributed by atoms with Crippen molar-refractivity contribution in [1.29, 1.82) is 0 Å². The summed E-state index contributed by atoms with van der Waals surface area (Å²) in [6, 6.07) is 1.76. The molecule has 1 N–H and O–H groups in total. The van der Waals surface area contributed by atoms with E-state index in [1.165, 1.54) is 19.2 Å². The van der Waals surface area contributed by atoms with Gasteiger partial charge in [0.2, 0.25) is 11.8 Å². The van der Waals surface area contributed by atoms with E-state index in [4.69, 9.17) is 9.47 Å². The molecule has 5 nitrogen and oxygen atoms in total. The molecule has 2 heterocycles. The Bertz CT molecular complexity index is 354. The lowest BCUT2D eigenvalue weighted by atomic mass is 10.0. The summed E-state index contributed by atoms with van der Waals surface area (Å²) in [7, 11) is 0. The van der Waals surface area contributed by atoms with Gasteiger partial charge in [0.15, 0.2) is 0 Å². The van der Waals surface area contributed by atoms with Crippen LogP contribution in [-0.4, -0.2) is 36.3 Å². The molecule has 1 saturated heterocycles. The van der Waals surface area contributed by atoms with Crippen LogP contribution >= 0.6 is 0 Å². The number of aromatic nitrogens is 2. The second-order valence-electron chi connectivity index (χ2n) is 4.57. The summed E-state index contributed by atoms with van der Waals surface area (Å²) in [6.07, 6.45) is 4.90. The Morgan fingerprint density at radius 2 is 2.17 bits per heavy atom. The lowest BCUT2D eigenvalue weighted by Crippen LogP contribution is -2.33. The van der Waals surface area contributed by atoms with Crippen LogP contribution in [0.2, 0.25) is 0 Å². The first-order chi connectivity index (χ1) is 8.88. The van der Waals surface area contributed by atoms with Crippen LogP contribution in [0.25, 0.3) is 0 Å². The zero-order valence-corrected chi connectivity index (χ0v) is 10.9. The SMILES string of the molecule is CCCOc1cc(OCC2CCCNC2)ncn1. The van der Waals surface area contributed by atoms with Crippen LogP contribution in [0.1, 0.15) is 26.2 Å². The molecule has 0 radical (unpaired) electrons. The fourth-order valence-electron chi connectivity index (χ4n) is 1.96. The van der Waals surface area contributed by atoms with E-state index >= 15 is 0 Å². The average molecular weight is 251 g/mol. The topological polar surface area (TPSA) is 56.3 Å². The Labute approximate surface area is 108 Å². The van der Waals surface area contributed by atoms with Gasteiger partial charge in [0, 0.05) is 12.5 Å². The lowest BCUT2D eigenvalue weighted by Gasteiger charge is -2.22. The summed E-state index contributed by atoms with van der Waals surface area (Å²) in [5.41, 5.74) is 0. The van der Waals surface area contributed by atoms with Gasteiger partial charge in [-0.1, -0.05) is 6.92 Å². The molecule has 18 heavy (non-hydrogen) atoms. The molecule has 0 aromatic carbocycles. The van der Waals surface area contributed by atoms with E-state index in [0.29, 0.717) is 30.9 Å². The number of rotatable bonds is 6. The molecule has 1 fully saturated rings. The third-order valence-corrected chi connectivity index (χ3v) is 2.94. The zero-order valence-electron chi connectivity index (χ0n) is 10.9. The highest BCUT2D eigenvalue weighted by molar-refractivity contribution is 5.18. The molecule has 1 unspecified atom stereocenters. The number of hydrogen-bond donors (Lipinski definition) is 1. The summed E-state index contributed by atoms with van der Waals surface area (Å²) in [6.45, 7) is 5.60. The van der Waals surface area contributed by atoms with E-state index < -0.39 is 0 Å². The average Bonchev–Trinajstić information content (AvgIpc) is 2.44. The highest BCUT2D eigenvalue weighted by atomic mass is 16.5. The quantitative estimate of drug-likeness (QED) is 0.833.